The van der Waals surface area contributed by atoms with Crippen LogP contribution in [-0.4, -0.2) is 12.1 Å². The molecule has 1 atom stereocenters. The predicted octanol–water partition coefficient (Wildman–Crippen LogP) is 3.15. The third-order valence-electron chi connectivity index (χ3n) is 2.52. The highest BCUT2D eigenvalue weighted by Crippen LogP contribution is 2.33. The Bertz CT molecular complexity index is 520. The fourth-order valence-electron chi connectivity index (χ4n) is 1.73. The van der Waals surface area contributed by atoms with Crippen molar-refractivity contribution in [1.29, 1.82) is 0 Å². The van der Waals surface area contributed by atoms with E-state index in [0.29, 0.717) is 0 Å². The molecule has 2 N–H and O–H groups in total. The molecule has 0 fully saturated rings. The molecule has 0 saturated heterocycles. The standard InChI is InChI=1S/C13H16N2OS/c1-8(14)13-12(15-9(2)17-13)10-5-4-6-11(7-10)16-3/h4-8H,14H2,1-3H3. The van der Waals surface area contributed by atoms with E-state index < -0.39 is 0 Å². The van der Waals surface area contributed by atoms with Crippen LogP contribution in [-0.2, 0) is 0 Å². The molecule has 1 unspecified atom stereocenters. The first-order chi connectivity index (χ1) is 8.11. The Morgan fingerprint density at radius 2 is 2.18 bits per heavy atom. The van der Waals surface area contributed by atoms with Crippen molar-refractivity contribution in [1.82, 2.24) is 4.98 Å². The summed E-state index contributed by atoms with van der Waals surface area (Å²) < 4.78 is 5.23. The highest BCUT2D eigenvalue weighted by atomic mass is 32.1. The smallest absolute Gasteiger partial charge is 0.119 e. The second kappa shape index (κ2) is 4.85. The number of aryl methyl sites for hydroxylation is 1. The molecule has 0 radical (unpaired) electrons. The van der Waals surface area contributed by atoms with Crippen molar-refractivity contribution in [2.45, 2.75) is 19.9 Å². The van der Waals surface area contributed by atoms with E-state index in [4.69, 9.17) is 10.5 Å². The summed E-state index contributed by atoms with van der Waals surface area (Å²) in [5.74, 6) is 0.837. The lowest BCUT2D eigenvalue weighted by atomic mass is 10.1. The van der Waals surface area contributed by atoms with E-state index in [1.807, 2.05) is 38.1 Å². The lowest BCUT2D eigenvalue weighted by Crippen LogP contribution is -2.04. The summed E-state index contributed by atoms with van der Waals surface area (Å²) in [4.78, 5) is 5.68. The van der Waals surface area contributed by atoms with Crippen molar-refractivity contribution < 1.29 is 4.74 Å². The van der Waals surface area contributed by atoms with Gasteiger partial charge in [-0.3, -0.25) is 0 Å². The summed E-state index contributed by atoms with van der Waals surface area (Å²) in [5.41, 5.74) is 8.00. The molecule has 0 saturated carbocycles. The molecule has 17 heavy (non-hydrogen) atoms. The van der Waals surface area contributed by atoms with Crippen LogP contribution in [0, 0.1) is 6.92 Å². The largest absolute Gasteiger partial charge is 0.497 e. The maximum Gasteiger partial charge on any atom is 0.119 e. The van der Waals surface area contributed by atoms with Gasteiger partial charge in [0.15, 0.2) is 0 Å². The summed E-state index contributed by atoms with van der Waals surface area (Å²) in [6.07, 6.45) is 0. The number of nitrogens with zero attached hydrogens (tertiary/aromatic N) is 1. The van der Waals surface area contributed by atoms with Gasteiger partial charge < -0.3 is 10.5 Å². The van der Waals surface area contributed by atoms with Crippen LogP contribution < -0.4 is 10.5 Å². The Morgan fingerprint density at radius 3 is 2.82 bits per heavy atom. The Kier molecular flexibility index (Phi) is 3.45. The van der Waals surface area contributed by atoms with Crippen molar-refractivity contribution in [3.63, 3.8) is 0 Å². The zero-order chi connectivity index (χ0) is 12.4. The first kappa shape index (κ1) is 12.1. The van der Waals surface area contributed by atoms with Crippen LogP contribution >= 0.6 is 11.3 Å². The molecule has 90 valence electrons. The van der Waals surface area contributed by atoms with Gasteiger partial charge in [-0.1, -0.05) is 12.1 Å². The van der Waals surface area contributed by atoms with E-state index in [-0.39, 0.29) is 6.04 Å². The number of benzene rings is 1. The molecular formula is C13H16N2OS. The zero-order valence-electron chi connectivity index (χ0n) is 10.2. The monoisotopic (exact) mass is 248 g/mol. The van der Waals surface area contributed by atoms with Crippen LogP contribution in [0.25, 0.3) is 11.3 Å². The summed E-state index contributed by atoms with van der Waals surface area (Å²) in [7, 11) is 1.66. The Hall–Kier alpha value is -1.39. The summed E-state index contributed by atoms with van der Waals surface area (Å²) in [5, 5.41) is 1.04. The predicted molar refractivity (Wildman–Crippen MR) is 71.4 cm³/mol. The minimum atomic E-state index is 0.00222. The number of aromatic nitrogens is 1. The Labute approximate surface area is 105 Å². The summed E-state index contributed by atoms with van der Waals surface area (Å²) in [6, 6.07) is 7.91. The van der Waals surface area contributed by atoms with E-state index in [2.05, 4.69) is 4.98 Å². The molecule has 0 aliphatic rings. The first-order valence-electron chi connectivity index (χ1n) is 5.49. The zero-order valence-corrected chi connectivity index (χ0v) is 11.0. The molecule has 0 aliphatic carbocycles. The van der Waals surface area contributed by atoms with Gasteiger partial charge >= 0.3 is 0 Å². The normalized spacial score (nSPS) is 12.5. The van der Waals surface area contributed by atoms with Gasteiger partial charge in [0, 0.05) is 16.5 Å². The average molecular weight is 248 g/mol. The van der Waals surface area contributed by atoms with Crippen molar-refractivity contribution in [3.05, 3.63) is 34.2 Å². The molecule has 1 aromatic carbocycles. The third kappa shape index (κ3) is 2.48. The molecule has 0 bridgehead atoms. The summed E-state index contributed by atoms with van der Waals surface area (Å²) >= 11 is 1.65. The van der Waals surface area contributed by atoms with Crippen LogP contribution in [0.5, 0.6) is 5.75 Å². The Balaban J connectivity index is 2.51. The molecule has 0 amide bonds. The number of rotatable bonds is 3. The van der Waals surface area contributed by atoms with E-state index in [9.17, 15) is 0 Å². The van der Waals surface area contributed by atoms with Gasteiger partial charge in [-0.15, -0.1) is 11.3 Å². The lowest BCUT2D eigenvalue weighted by molar-refractivity contribution is 0.415. The minimum absolute atomic E-state index is 0.00222. The molecule has 4 heteroatoms. The van der Waals surface area contributed by atoms with Crippen LogP contribution in [0.2, 0.25) is 0 Å². The number of hydrogen-bond acceptors (Lipinski definition) is 4. The molecule has 0 aliphatic heterocycles. The Morgan fingerprint density at radius 1 is 1.41 bits per heavy atom. The molecule has 3 nitrogen and oxygen atoms in total. The topological polar surface area (TPSA) is 48.1 Å². The van der Waals surface area contributed by atoms with E-state index >= 15 is 0 Å². The van der Waals surface area contributed by atoms with Crippen molar-refractivity contribution >= 4 is 11.3 Å². The lowest BCUT2D eigenvalue weighted by Gasteiger charge is -2.07. The second-order valence-corrected chi connectivity index (χ2v) is 5.20. The van der Waals surface area contributed by atoms with E-state index in [1.165, 1.54) is 0 Å². The highest BCUT2D eigenvalue weighted by Gasteiger charge is 2.14. The number of nitrogens with two attached hydrogens (primary N) is 1. The number of methoxy groups -OCH3 is 1. The van der Waals surface area contributed by atoms with Gasteiger partial charge in [0.2, 0.25) is 0 Å². The molecule has 0 spiro atoms. The number of thiazole rings is 1. The second-order valence-electron chi connectivity index (χ2n) is 3.97. The van der Waals surface area contributed by atoms with E-state index in [1.54, 1.807) is 18.4 Å². The highest BCUT2D eigenvalue weighted by molar-refractivity contribution is 7.12. The maximum atomic E-state index is 5.97. The fraction of sp³-hybridized carbons (Fsp3) is 0.308. The fourth-order valence-corrected chi connectivity index (χ4v) is 2.63. The molecule has 1 aromatic heterocycles. The van der Waals surface area contributed by atoms with Gasteiger partial charge in [-0.25, -0.2) is 4.98 Å². The van der Waals surface area contributed by atoms with Crippen LogP contribution in [0.1, 0.15) is 22.9 Å². The van der Waals surface area contributed by atoms with Crippen molar-refractivity contribution in [2.75, 3.05) is 7.11 Å². The van der Waals surface area contributed by atoms with Gasteiger partial charge in [0.05, 0.1) is 17.8 Å². The average Bonchev–Trinajstić information content (AvgIpc) is 2.72. The molecule has 1 heterocycles. The van der Waals surface area contributed by atoms with Crippen LogP contribution in [0.3, 0.4) is 0 Å². The van der Waals surface area contributed by atoms with Gasteiger partial charge in [-0.2, -0.15) is 0 Å². The van der Waals surface area contributed by atoms with Gasteiger partial charge in [0.1, 0.15) is 5.75 Å². The quantitative estimate of drug-likeness (QED) is 0.907. The minimum Gasteiger partial charge on any atom is -0.497 e. The molecule has 2 aromatic rings. The van der Waals surface area contributed by atoms with Crippen LogP contribution in [0.15, 0.2) is 24.3 Å². The van der Waals surface area contributed by atoms with Crippen LogP contribution in [0.4, 0.5) is 0 Å². The summed E-state index contributed by atoms with van der Waals surface area (Å²) in [6.45, 7) is 3.98. The molecular weight excluding hydrogens is 232 g/mol. The first-order valence-corrected chi connectivity index (χ1v) is 6.31. The number of ether oxygens (including phenoxy) is 1. The maximum absolute atomic E-state index is 5.97. The van der Waals surface area contributed by atoms with E-state index in [0.717, 1.165) is 26.9 Å². The van der Waals surface area contributed by atoms with Crippen molar-refractivity contribution in [3.8, 4) is 17.0 Å². The SMILES string of the molecule is COc1cccc(-c2nc(C)sc2C(C)N)c1. The number of hydrogen-bond donors (Lipinski definition) is 1. The van der Waals surface area contributed by atoms with Crippen molar-refractivity contribution in [2.24, 2.45) is 5.73 Å². The van der Waals surface area contributed by atoms with Gasteiger partial charge in [0.25, 0.3) is 0 Å². The third-order valence-corrected chi connectivity index (χ3v) is 3.69. The van der Waals surface area contributed by atoms with Gasteiger partial charge in [-0.05, 0) is 26.0 Å². The molecule has 2 rings (SSSR count).